The predicted octanol–water partition coefficient (Wildman–Crippen LogP) is 2.59. The highest BCUT2D eigenvalue weighted by Crippen LogP contribution is 2.18. The van der Waals surface area contributed by atoms with Crippen molar-refractivity contribution in [2.24, 2.45) is 7.05 Å². The van der Waals surface area contributed by atoms with Crippen LogP contribution in [0, 0.1) is 0 Å². The van der Waals surface area contributed by atoms with Crippen LogP contribution in [0.15, 0.2) is 24.9 Å². The molecule has 1 N–H and O–H groups in total. The van der Waals surface area contributed by atoms with E-state index in [4.69, 9.17) is 0 Å². The van der Waals surface area contributed by atoms with Gasteiger partial charge in [0.1, 0.15) is 0 Å². The van der Waals surface area contributed by atoms with Crippen LogP contribution in [0.2, 0.25) is 0 Å². The zero-order valence-electron chi connectivity index (χ0n) is 9.39. The summed E-state index contributed by atoms with van der Waals surface area (Å²) >= 11 is 0. The fourth-order valence-corrected chi connectivity index (χ4v) is 1.66. The first-order valence-corrected chi connectivity index (χ1v) is 5.52. The predicted molar refractivity (Wildman–Crippen MR) is 61.4 cm³/mol. The quantitative estimate of drug-likeness (QED) is 0.552. The Morgan fingerprint density at radius 1 is 1.53 bits per heavy atom. The van der Waals surface area contributed by atoms with Gasteiger partial charge in [-0.15, -0.1) is 6.58 Å². The van der Waals surface area contributed by atoms with Gasteiger partial charge in [0.15, 0.2) is 0 Å². The molecule has 0 fully saturated rings. The molecule has 1 atom stereocenters. The van der Waals surface area contributed by atoms with Crippen LogP contribution in [-0.2, 0) is 7.05 Å². The lowest BCUT2D eigenvalue weighted by atomic mass is 10.1. The summed E-state index contributed by atoms with van der Waals surface area (Å²) < 4.78 is 1.73. The van der Waals surface area contributed by atoms with Crippen molar-refractivity contribution in [2.45, 2.75) is 38.2 Å². The molecule has 0 spiro atoms. The Labute approximate surface area is 91.4 Å². The number of hydrogen-bond acceptors (Lipinski definition) is 2. The molecule has 0 bridgehead atoms. The van der Waals surface area contributed by atoms with E-state index >= 15 is 0 Å². The molecule has 1 aromatic heterocycles. The average molecular weight is 208 g/mol. The second kappa shape index (κ2) is 6.40. The Bertz CT molecular complexity index is 294. The molecule has 0 radical (unpaired) electrons. The molecule has 3 heteroatoms. The van der Waals surface area contributed by atoms with Crippen molar-refractivity contribution in [1.29, 1.82) is 0 Å². The minimum atomic E-state index is -0.374. The molecule has 0 saturated heterocycles. The minimum absolute atomic E-state index is 0.374. The second-order valence-corrected chi connectivity index (χ2v) is 3.82. The topological polar surface area (TPSA) is 38.1 Å². The second-order valence-electron chi connectivity index (χ2n) is 3.82. The molecule has 84 valence electrons. The Kier molecular flexibility index (Phi) is 5.12. The summed E-state index contributed by atoms with van der Waals surface area (Å²) in [4.78, 5) is 0. The lowest BCUT2D eigenvalue weighted by Crippen LogP contribution is -2.05. The smallest absolute Gasteiger partial charge is 0.0956 e. The summed E-state index contributed by atoms with van der Waals surface area (Å²) in [5.41, 5.74) is 0.902. The van der Waals surface area contributed by atoms with E-state index in [-0.39, 0.29) is 6.10 Å². The van der Waals surface area contributed by atoms with Gasteiger partial charge in [-0.05, 0) is 25.3 Å². The summed E-state index contributed by atoms with van der Waals surface area (Å²) in [6.45, 7) is 3.68. The van der Waals surface area contributed by atoms with Crippen molar-refractivity contribution < 1.29 is 5.11 Å². The first-order valence-electron chi connectivity index (χ1n) is 5.52. The number of aryl methyl sites for hydroxylation is 1. The summed E-state index contributed by atoms with van der Waals surface area (Å²) in [7, 11) is 1.86. The number of nitrogens with zero attached hydrogens (tertiary/aromatic N) is 2. The molecule has 0 saturated carbocycles. The van der Waals surface area contributed by atoms with Crippen LogP contribution in [0.25, 0.3) is 0 Å². The van der Waals surface area contributed by atoms with Crippen LogP contribution in [0.3, 0.4) is 0 Å². The van der Waals surface area contributed by atoms with Crippen LogP contribution in [0.4, 0.5) is 0 Å². The Morgan fingerprint density at radius 3 is 2.93 bits per heavy atom. The van der Waals surface area contributed by atoms with E-state index in [9.17, 15) is 5.11 Å². The summed E-state index contributed by atoms with van der Waals surface area (Å²) in [6.07, 6.45) is 8.55. The standard InChI is InChI=1S/C12H20N2O/c1-3-4-5-6-7-8-12(15)11-9-10-13-14(11)2/h3,9-10,12,15H,1,4-8H2,2H3. The van der Waals surface area contributed by atoms with Crippen LogP contribution < -0.4 is 0 Å². The number of rotatable bonds is 7. The van der Waals surface area contributed by atoms with Crippen LogP contribution >= 0.6 is 0 Å². The van der Waals surface area contributed by atoms with Gasteiger partial charge in [0.05, 0.1) is 11.8 Å². The number of hydrogen-bond donors (Lipinski definition) is 1. The molecule has 3 nitrogen and oxygen atoms in total. The van der Waals surface area contributed by atoms with E-state index in [1.165, 1.54) is 6.42 Å². The molecule has 0 amide bonds. The molecule has 1 unspecified atom stereocenters. The first-order chi connectivity index (χ1) is 7.25. The van der Waals surface area contributed by atoms with Gasteiger partial charge in [0, 0.05) is 13.2 Å². The Balaban J connectivity index is 2.22. The highest BCUT2D eigenvalue weighted by atomic mass is 16.3. The maximum absolute atomic E-state index is 9.87. The van der Waals surface area contributed by atoms with Gasteiger partial charge in [0.25, 0.3) is 0 Å². The molecule has 0 aromatic carbocycles. The molecule has 0 aliphatic carbocycles. The molecular weight excluding hydrogens is 188 g/mol. The lowest BCUT2D eigenvalue weighted by Gasteiger charge is -2.10. The van der Waals surface area contributed by atoms with Crippen LogP contribution in [-0.4, -0.2) is 14.9 Å². The van der Waals surface area contributed by atoms with Crippen molar-refractivity contribution in [3.63, 3.8) is 0 Å². The SMILES string of the molecule is C=CCCCCCC(O)c1ccnn1C. The Hall–Kier alpha value is -1.09. The van der Waals surface area contributed by atoms with Crippen molar-refractivity contribution in [2.75, 3.05) is 0 Å². The number of aliphatic hydroxyl groups excluding tert-OH is 1. The number of aliphatic hydroxyl groups is 1. The first kappa shape index (κ1) is 12.0. The molecule has 0 aliphatic rings. The zero-order valence-corrected chi connectivity index (χ0v) is 9.39. The van der Waals surface area contributed by atoms with E-state index < -0.39 is 0 Å². The zero-order chi connectivity index (χ0) is 11.1. The number of aromatic nitrogens is 2. The van der Waals surface area contributed by atoms with Gasteiger partial charge in [-0.1, -0.05) is 18.9 Å². The van der Waals surface area contributed by atoms with Gasteiger partial charge in [0.2, 0.25) is 0 Å². The van der Waals surface area contributed by atoms with Crippen molar-refractivity contribution in [3.05, 3.63) is 30.6 Å². The highest BCUT2D eigenvalue weighted by Gasteiger charge is 2.10. The Morgan fingerprint density at radius 2 is 2.33 bits per heavy atom. The average Bonchev–Trinajstić information content (AvgIpc) is 2.64. The van der Waals surface area contributed by atoms with Gasteiger partial charge in [-0.25, -0.2) is 0 Å². The van der Waals surface area contributed by atoms with Crippen LogP contribution in [0.5, 0.6) is 0 Å². The minimum Gasteiger partial charge on any atom is -0.387 e. The molecule has 15 heavy (non-hydrogen) atoms. The van der Waals surface area contributed by atoms with E-state index in [1.54, 1.807) is 10.9 Å². The van der Waals surface area contributed by atoms with Gasteiger partial charge in [-0.3, -0.25) is 4.68 Å². The monoisotopic (exact) mass is 208 g/mol. The molecule has 0 aliphatic heterocycles. The number of unbranched alkanes of at least 4 members (excludes halogenated alkanes) is 3. The van der Waals surface area contributed by atoms with Crippen LogP contribution in [0.1, 0.15) is 43.9 Å². The van der Waals surface area contributed by atoms with Gasteiger partial charge in [-0.2, -0.15) is 5.10 Å². The van der Waals surface area contributed by atoms with E-state index in [0.717, 1.165) is 31.4 Å². The third kappa shape index (κ3) is 3.88. The fraction of sp³-hybridized carbons (Fsp3) is 0.583. The lowest BCUT2D eigenvalue weighted by molar-refractivity contribution is 0.154. The summed E-state index contributed by atoms with van der Waals surface area (Å²) in [5.74, 6) is 0. The third-order valence-electron chi connectivity index (χ3n) is 2.59. The maximum atomic E-state index is 9.87. The van der Waals surface area contributed by atoms with Gasteiger partial charge < -0.3 is 5.11 Å². The van der Waals surface area contributed by atoms with Gasteiger partial charge >= 0.3 is 0 Å². The van der Waals surface area contributed by atoms with E-state index in [1.807, 2.05) is 19.2 Å². The highest BCUT2D eigenvalue weighted by molar-refractivity contribution is 5.03. The third-order valence-corrected chi connectivity index (χ3v) is 2.59. The summed E-state index contributed by atoms with van der Waals surface area (Å²) in [5, 5.41) is 13.9. The van der Waals surface area contributed by atoms with Crippen molar-refractivity contribution in [3.8, 4) is 0 Å². The number of allylic oxidation sites excluding steroid dienone is 1. The normalized spacial score (nSPS) is 12.7. The van der Waals surface area contributed by atoms with Crippen molar-refractivity contribution in [1.82, 2.24) is 9.78 Å². The molecule has 1 aromatic rings. The summed E-state index contributed by atoms with van der Waals surface area (Å²) in [6, 6.07) is 1.87. The fourth-order valence-electron chi connectivity index (χ4n) is 1.66. The van der Waals surface area contributed by atoms with E-state index in [2.05, 4.69) is 11.7 Å². The largest absolute Gasteiger partial charge is 0.387 e. The molecule has 1 heterocycles. The van der Waals surface area contributed by atoms with Crippen molar-refractivity contribution >= 4 is 0 Å². The maximum Gasteiger partial charge on any atom is 0.0956 e. The molecular formula is C12H20N2O. The molecule has 1 rings (SSSR count). The van der Waals surface area contributed by atoms with E-state index in [0.29, 0.717) is 0 Å².